The fourth-order valence-corrected chi connectivity index (χ4v) is 5.64. The van der Waals surface area contributed by atoms with Gasteiger partial charge in [0.15, 0.2) is 11.6 Å². The lowest BCUT2D eigenvalue weighted by Crippen LogP contribution is -2.34. The summed E-state index contributed by atoms with van der Waals surface area (Å²) in [6.07, 6.45) is 9.62. The maximum Gasteiger partial charge on any atom is 0.338 e. The Kier molecular flexibility index (Phi) is 16.1. The third kappa shape index (κ3) is 12.1. The van der Waals surface area contributed by atoms with Crippen LogP contribution in [0, 0.1) is 11.8 Å². The van der Waals surface area contributed by atoms with E-state index in [9.17, 15) is 14.4 Å². The van der Waals surface area contributed by atoms with Gasteiger partial charge in [0.05, 0.1) is 12.0 Å². The largest absolute Gasteiger partial charge is 0.490 e. The van der Waals surface area contributed by atoms with Crippen molar-refractivity contribution < 1.29 is 23.9 Å². The summed E-state index contributed by atoms with van der Waals surface area (Å²) in [5.74, 6) is 1.05. The van der Waals surface area contributed by atoms with Gasteiger partial charge in [0, 0.05) is 29.9 Å². The second-order valence-electron chi connectivity index (χ2n) is 12.2. The first-order valence-corrected chi connectivity index (χ1v) is 17.2. The molecule has 0 radical (unpaired) electrons. The smallest absolute Gasteiger partial charge is 0.338 e. The molecule has 0 aliphatic heterocycles. The summed E-state index contributed by atoms with van der Waals surface area (Å²) in [5.41, 5.74) is 2.65. The Hall–Kier alpha value is -3.93. The molecule has 0 fully saturated rings. The average molecular weight is 628 g/mol. The van der Waals surface area contributed by atoms with Crippen LogP contribution in [0.5, 0.6) is 5.75 Å². The molecule has 0 aliphatic rings. The lowest BCUT2D eigenvalue weighted by atomic mass is 9.95. The molecule has 0 aromatic heterocycles. The molecule has 0 heterocycles. The molecule has 46 heavy (non-hydrogen) atoms. The number of Topliss-reactive ketones (excluding diaryl/α,β-unsaturated/α-hetero) is 2. The Balaban J connectivity index is 1.50. The molecular weight excluding hydrogens is 574 g/mol. The van der Waals surface area contributed by atoms with Gasteiger partial charge in [-0.05, 0) is 73.2 Å². The minimum atomic E-state index is -0.380. The third-order valence-corrected chi connectivity index (χ3v) is 8.69. The van der Waals surface area contributed by atoms with Gasteiger partial charge in [0.25, 0.3) is 0 Å². The van der Waals surface area contributed by atoms with E-state index in [2.05, 4.69) is 44.7 Å². The topological polar surface area (TPSA) is 72.9 Å². The number of esters is 1. The molecule has 3 rings (SSSR count). The van der Waals surface area contributed by atoms with Crippen molar-refractivity contribution in [3.63, 3.8) is 0 Å². The third-order valence-electron chi connectivity index (χ3n) is 8.69. The number of ketones is 2. The van der Waals surface area contributed by atoms with Gasteiger partial charge in [-0.2, -0.15) is 0 Å². The summed E-state index contributed by atoms with van der Waals surface area (Å²) in [6.45, 7) is 11.5. The van der Waals surface area contributed by atoms with E-state index in [1.807, 2.05) is 18.2 Å². The Bertz CT molecular complexity index is 1300. The van der Waals surface area contributed by atoms with Crippen LogP contribution in [0.25, 0.3) is 0 Å². The summed E-state index contributed by atoms with van der Waals surface area (Å²) >= 11 is 0. The fraction of sp³-hybridized carbons (Fsp3) is 0.475. The quantitative estimate of drug-likeness (QED) is 0.0478. The van der Waals surface area contributed by atoms with Gasteiger partial charge >= 0.3 is 5.97 Å². The predicted octanol–water partition coefficient (Wildman–Crippen LogP) is 9.62. The molecule has 3 aromatic rings. The molecule has 6 nitrogen and oxygen atoms in total. The van der Waals surface area contributed by atoms with Crippen molar-refractivity contribution in [2.75, 3.05) is 31.2 Å². The first-order chi connectivity index (χ1) is 22.4. The van der Waals surface area contributed by atoms with Crippen LogP contribution < -0.4 is 9.64 Å². The Labute approximate surface area is 276 Å². The first kappa shape index (κ1) is 36.5. The van der Waals surface area contributed by atoms with Gasteiger partial charge in [-0.3, -0.25) is 9.59 Å². The van der Waals surface area contributed by atoms with Crippen molar-refractivity contribution in [1.82, 2.24) is 0 Å². The minimum Gasteiger partial charge on any atom is -0.490 e. The Morgan fingerprint density at radius 2 is 1.15 bits per heavy atom. The summed E-state index contributed by atoms with van der Waals surface area (Å²) in [6, 6.07) is 23.3. The number of unbranched alkanes of at least 4 members (excludes halogenated alkanes) is 2. The van der Waals surface area contributed by atoms with Gasteiger partial charge in [0.2, 0.25) is 0 Å². The average Bonchev–Trinajstić information content (AvgIpc) is 3.10. The van der Waals surface area contributed by atoms with Gasteiger partial charge in [-0.15, -0.1) is 0 Å². The number of carbonyl (C=O) groups is 3. The van der Waals surface area contributed by atoms with Crippen LogP contribution in [0.2, 0.25) is 0 Å². The molecule has 0 saturated carbocycles. The zero-order valence-electron chi connectivity index (χ0n) is 28.3. The molecular formula is C40H53NO5. The zero-order chi connectivity index (χ0) is 33.1. The highest BCUT2D eigenvalue weighted by molar-refractivity contribution is 6.13. The number of benzene rings is 3. The Morgan fingerprint density at radius 3 is 1.67 bits per heavy atom. The highest BCUT2D eigenvalue weighted by Crippen LogP contribution is 2.25. The molecule has 0 N–H and O–H groups in total. The standard InChI is InChI=1S/C40H53NO5/c1-5-9-14-31(7-3)29-41(30-32(8-4)15-10-6-2)36-22-18-35(19-23-36)40(44)46-27-26-45-37-24-20-34(21-25-37)39(43)28-38(42)33-16-12-11-13-17-33/h11-13,16-25,31-32H,5-10,14-15,26-30H2,1-4H3. The first-order valence-electron chi connectivity index (χ1n) is 17.2. The number of anilines is 1. The lowest BCUT2D eigenvalue weighted by Gasteiger charge is -2.32. The molecule has 0 aliphatic carbocycles. The Morgan fingerprint density at radius 1 is 0.630 bits per heavy atom. The van der Waals surface area contributed by atoms with Crippen LogP contribution in [0.4, 0.5) is 5.69 Å². The van der Waals surface area contributed by atoms with Crippen molar-refractivity contribution in [3.05, 3.63) is 95.6 Å². The van der Waals surface area contributed by atoms with Crippen LogP contribution >= 0.6 is 0 Å². The molecule has 0 amide bonds. The summed E-state index contributed by atoms with van der Waals surface area (Å²) in [5, 5.41) is 0. The van der Waals surface area contributed by atoms with Crippen LogP contribution in [-0.2, 0) is 4.74 Å². The number of ether oxygens (including phenoxy) is 2. The molecule has 2 unspecified atom stereocenters. The van der Waals surface area contributed by atoms with E-state index in [1.54, 1.807) is 48.5 Å². The molecule has 0 saturated heterocycles. The van der Waals surface area contributed by atoms with Crippen molar-refractivity contribution in [3.8, 4) is 5.75 Å². The number of nitrogens with zero attached hydrogens (tertiary/aromatic N) is 1. The second kappa shape index (κ2) is 20.2. The van der Waals surface area contributed by atoms with E-state index in [4.69, 9.17) is 9.47 Å². The fourth-order valence-electron chi connectivity index (χ4n) is 5.64. The summed E-state index contributed by atoms with van der Waals surface area (Å²) in [4.78, 5) is 40.2. The molecule has 6 heteroatoms. The van der Waals surface area contributed by atoms with Crippen molar-refractivity contribution in [2.24, 2.45) is 11.8 Å². The SMILES string of the molecule is CCCCC(CC)CN(CC(CC)CCCC)c1ccc(C(=O)OCCOc2ccc(C(=O)CC(=O)c3ccccc3)cc2)cc1. The van der Waals surface area contributed by atoms with E-state index >= 15 is 0 Å². The van der Waals surface area contributed by atoms with Crippen molar-refractivity contribution in [1.29, 1.82) is 0 Å². The summed E-state index contributed by atoms with van der Waals surface area (Å²) < 4.78 is 11.2. The molecule has 3 aromatic carbocycles. The highest BCUT2D eigenvalue weighted by Gasteiger charge is 2.19. The lowest BCUT2D eigenvalue weighted by molar-refractivity contribution is 0.0450. The van der Waals surface area contributed by atoms with Crippen LogP contribution in [0.1, 0.15) is 117 Å². The molecule has 248 valence electrons. The van der Waals surface area contributed by atoms with E-state index < -0.39 is 0 Å². The van der Waals surface area contributed by atoms with Gasteiger partial charge in [-0.1, -0.05) is 96.6 Å². The van der Waals surface area contributed by atoms with Gasteiger partial charge < -0.3 is 14.4 Å². The number of rotatable bonds is 22. The van der Waals surface area contributed by atoms with Crippen LogP contribution in [-0.4, -0.2) is 43.8 Å². The maximum absolute atomic E-state index is 12.8. The molecule has 0 bridgehead atoms. The van der Waals surface area contributed by atoms with Crippen molar-refractivity contribution in [2.45, 2.75) is 85.5 Å². The second-order valence-corrected chi connectivity index (χ2v) is 12.2. The monoisotopic (exact) mass is 627 g/mol. The molecule has 2 atom stereocenters. The number of hydrogen-bond donors (Lipinski definition) is 0. The molecule has 0 spiro atoms. The summed E-state index contributed by atoms with van der Waals surface area (Å²) in [7, 11) is 0. The number of hydrogen-bond acceptors (Lipinski definition) is 6. The van der Waals surface area contributed by atoms with Gasteiger partial charge in [-0.25, -0.2) is 4.79 Å². The van der Waals surface area contributed by atoms with E-state index in [1.165, 1.54) is 51.4 Å². The minimum absolute atomic E-state index is 0.101. The van der Waals surface area contributed by atoms with E-state index in [0.717, 1.165) is 18.8 Å². The highest BCUT2D eigenvalue weighted by atomic mass is 16.6. The van der Waals surface area contributed by atoms with E-state index in [-0.39, 0.29) is 37.2 Å². The normalized spacial score (nSPS) is 12.3. The van der Waals surface area contributed by atoms with Crippen LogP contribution in [0.15, 0.2) is 78.9 Å². The predicted molar refractivity (Wildman–Crippen MR) is 187 cm³/mol. The maximum atomic E-state index is 12.8. The van der Waals surface area contributed by atoms with Crippen LogP contribution in [0.3, 0.4) is 0 Å². The van der Waals surface area contributed by atoms with Gasteiger partial charge in [0.1, 0.15) is 19.0 Å². The van der Waals surface area contributed by atoms with E-state index in [0.29, 0.717) is 34.3 Å². The zero-order valence-corrected chi connectivity index (χ0v) is 28.3. The van der Waals surface area contributed by atoms with Crippen molar-refractivity contribution >= 4 is 23.2 Å². The number of carbonyl (C=O) groups excluding carboxylic acids is 3.